The van der Waals surface area contributed by atoms with Gasteiger partial charge in [-0.25, -0.2) is 0 Å². The van der Waals surface area contributed by atoms with Crippen LogP contribution in [0.3, 0.4) is 0 Å². The maximum Gasteiger partial charge on any atom is 0.221 e. The molecule has 0 bridgehead atoms. The highest BCUT2D eigenvalue weighted by Gasteiger charge is 1.98. The van der Waals surface area contributed by atoms with Gasteiger partial charge in [-0.1, -0.05) is 0 Å². The average Bonchev–Trinajstić information content (AvgIpc) is 2.48. The number of amides is 1. The predicted molar refractivity (Wildman–Crippen MR) is 46.8 cm³/mol. The van der Waals surface area contributed by atoms with Crippen LogP contribution in [0.5, 0.6) is 0 Å². The Bertz CT molecular complexity index is 336. The molecule has 0 saturated heterocycles. The maximum absolute atomic E-state index is 10.6. The number of aryl methyl sites for hydroxylation is 1. The van der Waals surface area contributed by atoms with Gasteiger partial charge in [-0.15, -0.1) is 0 Å². The highest BCUT2D eigenvalue weighted by atomic mass is 16.1. The molecule has 68 valence electrons. The Balaban J connectivity index is 2.54. The van der Waals surface area contributed by atoms with Crippen LogP contribution < -0.4 is 5.32 Å². The first-order chi connectivity index (χ1) is 6.22. The Morgan fingerprint density at radius 1 is 1.85 bits per heavy atom. The first-order valence-corrected chi connectivity index (χ1v) is 3.89. The molecule has 0 aliphatic carbocycles. The summed E-state index contributed by atoms with van der Waals surface area (Å²) in [6.45, 7) is 1.99. The van der Waals surface area contributed by atoms with Crippen molar-refractivity contribution >= 4 is 11.6 Å². The van der Waals surface area contributed by atoms with Crippen LogP contribution in [-0.2, 0) is 11.3 Å². The first-order valence-electron chi connectivity index (χ1n) is 3.89. The van der Waals surface area contributed by atoms with Gasteiger partial charge in [0.15, 0.2) is 0 Å². The van der Waals surface area contributed by atoms with Gasteiger partial charge in [0.05, 0.1) is 30.9 Å². The molecule has 1 heterocycles. The second-order valence-corrected chi connectivity index (χ2v) is 2.58. The lowest BCUT2D eigenvalue weighted by Crippen LogP contribution is -2.04. The van der Waals surface area contributed by atoms with E-state index in [-0.39, 0.29) is 5.91 Å². The van der Waals surface area contributed by atoms with Gasteiger partial charge < -0.3 is 5.32 Å². The van der Waals surface area contributed by atoms with E-state index in [4.69, 9.17) is 5.26 Å². The molecule has 5 heteroatoms. The van der Waals surface area contributed by atoms with Crippen molar-refractivity contribution in [3.8, 4) is 6.07 Å². The van der Waals surface area contributed by atoms with E-state index in [0.717, 1.165) is 0 Å². The highest BCUT2D eigenvalue weighted by molar-refractivity contribution is 5.88. The highest BCUT2D eigenvalue weighted by Crippen LogP contribution is 2.04. The van der Waals surface area contributed by atoms with Crippen LogP contribution in [0.1, 0.15) is 13.3 Å². The van der Waals surface area contributed by atoms with Crippen molar-refractivity contribution in [2.75, 3.05) is 5.32 Å². The van der Waals surface area contributed by atoms with E-state index in [0.29, 0.717) is 18.7 Å². The van der Waals surface area contributed by atoms with Crippen molar-refractivity contribution < 1.29 is 4.79 Å². The minimum atomic E-state index is -0.125. The van der Waals surface area contributed by atoms with Crippen molar-refractivity contribution in [2.24, 2.45) is 0 Å². The Morgan fingerprint density at radius 2 is 2.62 bits per heavy atom. The van der Waals surface area contributed by atoms with E-state index >= 15 is 0 Å². The van der Waals surface area contributed by atoms with Crippen LogP contribution in [0.2, 0.25) is 0 Å². The summed E-state index contributed by atoms with van der Waals surface area (Å²) in [5, 5.41) is 14.9. The number of nitrogens with one attached hydrogen (secondary N) is 1. The SMILES string of the molecule is CC(=O)Nc1cnn(CCC#N)c1. The molecule has 0 aromatic carbocycles. The van der Waals surface area contributed by atoms with Crippen LogP contribution in [-0.4, -0.2) is 15.7 Å². The molecule has 13 heavy (non-hydrogen) atoms. The standard InChI is InChI=1S/C8H10N4O/c1-7(13)11-8-5-10-12(6-8)4-2-3-9/h5-6H,2,4H2,1H3,(H,11,13). The number of aromatic nitrogens is 2. The predicted octanol–water partition coefficient (Wildman–Crippen LogP) is 0.755. The minimum absolute atomic E-state index is 0.125. The van der Waals surface area contributed by atoms with Gasteiger partial charge in [0.2, 0.25) is 5.91 Å². The van der Waals surface area contributed by atoms with Crippen LogP contribution in [0.15, 0.2) is 12.4 Å². The lowest BCUT2D eigenvalue weighted by Gasteiger charge is -1.95. The molecule has 0 unspecified atom stereocenters. The van der Waals surface area contributed by atoms with Crippen LogP contribution >= 0.6 is 0 Å². The molecule has 0 spiro atoms. The third-order valence-electron chi connectivity index (χ3n) is 1.41. The van der Waals surface area contributed by atoms with Gasteiger partial charge in [-0.05, 0) is 0 Å². The van der Waals surface area contributed by atoms with E-state index in [1.54, 1.807) is 17.1 Å². The monoisotopic (exact) mass is 178 g/mol. The van der Waals surface area contributed by atoms with Gasteiger partial charge in [-0.2, -0.15) is 10.4 Å². The summed E-state index contributed by atoms with van der Waals surface area (Å²) >= 11 is 0. The summed E-state index contributed by atoms with van der Waals surface area (Å²) in [7, 11) is 0. The third kappa shape index (κ3) is 2.95. The molecule has 0 aliphatic heterocycles. The van der Waals surface area contributed by atoms with Crippen molar-refractivity contribution in [1.29, 1.82) is 5.26 Å². The first kappa shape index (κ1) is 9.26. The molecule has 0 atom stereocenters. The third-order valence-corrected chi connectivity index (χ3v) is 1.41. The average molecular weight is 178 g/mol. The van der Waals surface area contributed by atoms with E-state index < -0.39 is 0 Å². The van der Waals surface area contributed by atoms with E-state index in [1.807, 2.05) is 6.07 Å². The zero-order valence-electron chi connectivity index (χ0n) is 7.32. The summed E-state index contributed by atoms with van der Waals surface area (Å²) < 4.78 is 1.62. The van der Waals surface area contributed by atoms with Gasteiger partial charge in [-0.3, -0.25) is 9.48 Å². The molecular weight excluding hydrogens is 168 g/mol. The van der Waals surface area contributed by atoms with Gasteiger partial charge in [0, 0.05) is 13.1 Å². The number of nitriles is 1. The molecular formula is C8H10N4O. The Kier molecular flexibility index (Phi) is 3.03. The second kappa shape index (κ2) is 4.26. The lowest BCUT2D eigenvalue weighted by atomic mass is 10.5. The van der Waals surface area contributed by atoms with E-state index in [2.05, 4.69) is 10.4 Å². The lowest BCUT2D eigenvalue weighted by molar-refractivity contribution is -0.114. The summed E-state index contributed by atoms with van der Waals surface area (Å²) in [6, 6.07) is 2.02. The zero-order valence-corrected chi connectivity index (χ0v) is 7.32. The smallest absolute Gasteiger partial charge is 0.221 e. The van der Waals surface area contributed by atoms with Crippen molar-refractivity contribution in [3.05, 3.63) is 12.4 Å². The zero-order chi connectivity index (χ0) is 9.68. The van der Waals surface area contributed by atoms with Crippen LogP contribution in [0.25, 0.3) is 0 Å². The fourth-order valence-electron chi connectivity index (χ4n) is 0.918. The minimum Gasteiger partial charge on any atom is -0.324 e. The Labute approximate surface area is 76.0 Å². The molecule has 1 aromatic heterocycles. The molecule has 0 fully saturated rings. The van der Waals surface area contributed by atoms with Crippen molar-refractivity contribution in [1.82, 2.24) is 9.78 Å². The largest absolute Gasteiger partial charge is 0.324 e. The summed E-state index contributed by atoms with van der Waals surface area (Å²) in [5.41, 5.74) is 0.658. The van der Waals surface area contributed by atoms with E-state index in [9.17, 15) is 4.79 Å². The summed E-state index contributed by atoms with van der Waals surface area (Å²) in [5.74, 6) is -0.125. The fourth-order valence-corrected chi connectivity index (χ4v) is 0.918. The molecule has 0 saturated carbocycles. The maximum atomic E-state index is 10.6. The number of carbonyl (C=O) groups is 1. The number of nitrogens with zero attached hydrogens (tertiary/aromatic N) is 3. The molecule has 0 radical (unpaired) electrons. The fraction of sp³-hybridized carbons (Fsp3) is 0.375. The number of anilines is 1. The number of rotatable bonds is 3. The Hall–Kier alpha value is -1.83. The summed E-state index contributed by atoms with van der Waals surface area (Å²) in [6.07, 6.45) is 3.67. The Morgan fingerprint density at radius 3 is 3.23 bits per heavy atom. The molecule has 5 nitrogen and oxygen atoms in total. The van der Waals surface area contributed by atoms with Crippen LogP contribution in [0.4, 0.5) is 5.69 Å². The van der Waals surface area contributed by atoms with Crippen molar-refractivity contribution in [3.63, 3.8) is 0 Å². The number of hydrogen-bond acceptors (Lipinski definition) is 3. The molecule has 1 rings (SSSR count). The molecule has 1 amide bonds. The molecule has 1 aromatic rings. The van der Waals surface area contributed by atoms with Crippen LogP contribution in [0, 0.1) is 11.3 Å². The van der Waals surface area contributed by atoms with Gasteiger partial charge in [0.1, 0.15) is 0 Å². The molecule has 0 aliphatic rings. The van der Waals surface area contributed by atoms with E-state index in [1.165, 1.54) is 6.92 Å². The quantitative estimate of drug-likeness (QED) is 0.742. The van der Waals surface area contributed by atoms with Gasteiger partial charge >= 0.3 is 0 Å². The number of hydrogen-bond donors (Lipinski definition) is 1. The second-order valence-electron chi connectivity index (χ2n) is 2.58. The topological polar surface area (TPSA) is 70.7 Å². The normalized spacial score (nSPS) is 9.23. The number of carbonyl (C=O) groups excluding carboxylic acids is 1. The summed E-state index contributed by atoms with van der Waals surface area (Å²) in [4.78, 5) is 10.6. The molecule has 1 N–H and O–H groups in total. The van der Waals surface area contributed by atoms with Crippen molar-refractivity contribution in [2.45, 2.75) is 19.9 Å². The van der Waals surface area contributed by atoms with Gasteiger partial charge in [0.25, 0.3) is 0 Å².